The van der Waals surface area contributed by atoms with Crippen molar-refractivity contribution < 1.29 is 36.2 Å². The standard InChI is InChI=1S/C21H19F3N4O5S/c22-21(23,24)20(8-9-20)10-12-33-17-7-11-28(27-17)16-6-5-15(18(25)30)19(26-16)34(31,32)14-3-1-13(29)2-4-14/h1-7,11,29H,8-10,12H2,(H2,25,30). The average Bonchev–Trinajstić information content (AvgIpc) is 3.43. The predicted octanol–water partition coefficient (Wildman–Crippen LogP) is 3.02. The van der Waals surface area contributed by atoms with Gasteiger partial charge in [-0.15, -0.1) is 5.10 Å². The number of nitrogens with two attached hydrogens (primary N) is 1. The molecule has 1 amide bonds. The smallest absolute Gasteiger partial charge is 0.394 e. The Balaban J connectivity index is 1.58. The van der Waals surface area contributed by atoms with Crippen LogP contribution in [0.15, 0.2) is 58.6 Å². The highest BCUT2D eigenvalue weighted by atomic mass is 32.2. The summed E-state index contributed by atoms with van der Waals surface area (Å²) in [7, 11) is -4.29. The Labute approximate surface area is 191 Å². The van der Waals surface area contributed by atoms with Crippen LogP contribution >= 0.6 is 0 Å². The number of pyridine rings is 1. The lowest BCUT2D eigenvalue weighted by molar-refractivity contribution is -0.190. The average molecular weight is 496 g/mol. The maximum atomic E-state index is 13.1. The number of phenols is 1. The number of primary amides is 1. The van der Waals surface area contributed by atoms with E-state index >= 15 is 0 Å². The molecule has 34 heavy (non-hydrogen) atoms. The number of sulfone groups is 1. The van der Waals surface area contributed by atoms with Crippen LogP contribution in [-0.2, 0) is 9.84 Å². The number of ether oxygens (including phenoxy) is 1. The molecule has 0 aliphatic heterocycles. The number of aromatic nitrogens is 3. The molecule has 0 unspecified atom stereocenters. The molecule has 1 aliphatic carbocycles. The SMILES string of the molecule is NC(=O)c1ccc(-n2ccc(OCCC3(C(F)(F)F)CC3)n2)nc1S(=O)(=O)c1ccc(O)cc1. The van der Waals surface area contributed by atoms with E-state index in [0.29, 0.717) is 0 Å². The van der Waals surface area contributed by atoms with Gasteiger partial charge in [0, 0.05) is 12.3 Å². The molecule has 13 heteroatoms. The molecule has 1 aliphatic rings. The summed E-state index contributed by atoms with van der Waals surface area (Å²) in [6.45, 7) is -0.189. The first-order valence-corrected chi connectivity index (χ1v) is 11.5. The van der Waals surface area contributed by atoms with Gasteiger partial charge in [-0.1, -0.05) is 0 Å². The predicted molar refractivity (Wildman–Crippen MR) is 111 cm³/mol. The molecule has 0 atom stereocenters. The topological polar surface area (TPSA) is 137 Å². The number of carbonyl (C=O) groups is 1. The highest BCUT2D eigenvalue weighted by molar-refractivity contribution is 7.91. The first-order valence-electron chi connectivity index (χ1n) is 10.0. The quantitative estimate of drug-likeness (QED) is 0.489. The number of nitrogens with zero attached hydrogens (tertiary/aromatic N) is 3. The first kappa shape index (κ1) is 23.5. The molecule has 0 radical (unpaired) electrons. The molecule has 4 rings (SSSR count). The number of alkyl halides is 3. The fourth-order valence-corrected chi connectivity index (χ4v) is 4.77. The second-order valence-electron chi connectivity index (χ2n) is 7.86. The van der Waals surface area contributed by atoms with Gasteiger partial charge in [0.2, 0.25) is 15.7 Å². The number of carbonyl (C=O) groups excluding carboxylic acids is 1. The van der Waals surface area contributed by atoms with Gasteiger partial charge in [0.15, 0.2) is 10.8 Å². The Hall–Kier alpha value is -3.61. The van der Waals surface area contributed by atoms with E-state index in [1.165, 1.54) is 36.5 Å². The van der Waals surface area contributed by atoms with E-state index in [1.807, 2.05) is 0 Å². The van der Waals surface area contributed by atoms with Crippen LogP contribution in [0.25, 0.3) is 5.82 Å². The van der Waals surface area contributed by atoms with E-state index in [9.17, 15) is 31.5 Å². The lowest BCUT2D eigenvalue weighted by Crippen LogP contribution is -2.26. The summed E-state index contributed by atoms with van der Waals surface area (Å²) < 4.78 is 71.8. The molecule has 180 valence electrons. The van der Waals surface area contributed by atoms with Gasteiger partial charge in [-0.2, -0.15) is 13.2 Å². The molecule has 0 saturated heterocycles. The molecule has 0 spiro atoms. The fraction of sp³-hybridized carbons (Fsp3) is 0.286. The number of benzene rings is 1. The summed E-state index contributed by atoms with van der Waals surface area (Å²) in [6.07, 6.45) is -2.94. The van der Waals surface area contributed by atoms with E-state index < -0.39 is 32.4 Å². The summed E-state index contributed by atoms with van der Waals surface area (Å²) in [5.41, 5.74) is 3.29. The third kappa shape index (κ3) is 4.42. The van der Waals surface area contributed by atoms with Crippen LogP contribution in [0.1, 0.15) is 29.6 Å². The van der Waals surface area contributed by atoms with Gasteiger partial charge < -0.3 is 15.6 Å². The second-order valence-corrected chi connectivity index (χ2v) is 9.72. The van der Waals surface area contributed by atoms with Crippen molar-refractivity contribution in [2.45, 2.75) is 35.4 Å². The molecule has 2 aromatic heterocycles. The van der Waals surface area contributed by atoms with E-state index in [4.69, 9.17) is 10.5 Å². The van der Waals surface area contributed by atoms with Gasteiger partial charge in [-0.25, -0.2) is 18.1 Å². The molecule has 1 fully saturated rings. The molecule has 3 aromatic rings. The summed E-state index contributed by atoms with van der Waals surface area (Å²) in [6, 6.07) is 8.53. The molecule has 1 saturated carbocycles. The van der Waals surface area contributed by atoms with Crippen molar-refractivity contribution in [2.24, 2.45) is 11.1 Å². The van der Waals surface area contributed by atoms with Crippen molar-refractivity contribution in [3.63, 3.8) is 0 Å². The largest absolute Gasteiger partial charge is 0.508 e. The number of aromatic hydroxyl groups is 1. The van der Waals surface area contributed by atoms with Gasteiger partial charge >= 0.3 is 6.18 Å². The molecule has 3 N–H and O–H groups in total. The van der Waals surface area contributed by atoms with Crippen LogP contribution < -0.4 is 10.5 Å². The maximum Gasteiger partial charge on any atom is 0.394 e. The Kier molecular flexibility index (Phi) is 5.75. The van der Waals surface area contributed by atoms with Crippen molar-refractivity contribution in [3.8, 4) is 17.4 Å². The van der Waals surface area contributed by atoms with E-state index in [-0.39, 0.29) is 53.8 Å². The molecular formula is C21H19F3N4O5S. The van der Waals surface area contributed by atoms with Crippen molar-refractivity contribution in [1.82, 2.24) is 14.8 Å². The van der Waals surface area contributed by atoms with Crippen LogP contribution in [0.3, 0.4) is 0 Å². The Bertz CT molecular complexity index is 1330. The van der Waals surface area contributed by atoms with Crippen molar-refractivity contribution >= 4 is 15.7 Å². The number of hydrogen-bond donors (Lipinski definition) is 2. The Morgan fingerprint density at radius 1 is 1.15 bits per heavy atom. The number of hydrogen-bond acceptors (Lipinski definition) is 7. The van der Waals surface area contributed by atoms with Gasteiger partial charge in [0.1, 0.15) is 5.75 Å². The molecule has 1 aromatic carbocycles. The third-order valence-corrected chi connectivity index (χ3v) is 7.31. The minimum Gasteiger partial charge on any atom is -0.508 e. The third-order valence-electron chi connectivity index (χ3n) is 5.60. The monoisotopic (exact) mass is 496 g/mol. The lowest BCUT2D eigenvalue weighted by atomic mass is 10.0. The second kappa shape index (κ2) is 8.31. The maximum absolute atomic E-state index is 13.1. The number of phenolic OH excluding ortho intramolecular Hbond substituents is 1. The first-order chi connectivity index (χ1) is 15.9. The van der Waals surface area contributed by atoms with E-state index in [2.05, 4.69) is 10.1 Å². The van der Waals surface area contributed by atoms with Crippen LogP contribution in [0.4, 0.5) is 13.2 Å². The highest BCUT2D eigenvalue weighted by Gasteiger charge is 2.62. The van der Waals surface area contributed by atoms with Crippen LogP contribution in [0.5, 0.6) is 11.6 Å². The van der Waals surface area contributed by atoms with Crippen LogP contribution in [0, 0.1) is 5.41 Å². The molecule has 0 bridgehead atoms. The normalized spacial score (nSPS) is 15.1. The van der Waals surface area contributed by atoms with E-state index in [0.717, 1.165) is 16.8 Å². The minimum absolute atomic E-state index is 0.00570. The number of amides is 1. The zero-order chi connectivity index (χ0) is 24.7. The van der Waals surface area contributed by atoms with Gasteiger partial charge in [-0.05, 0) is 55.7 Å². The van der Waals surface area contributed by atoms with Gasteiger partial charge in [0.05, 0.1) is 22.5 Å². The lowest BCUT2D eigenvalue weighted by Gasteiger charge is -2.18. The van der Waals surface area contributed by atoms with Gasteiger partial charge in [-0.3, -0.25) is 4.79 Å². The fourth-order valence-electron chi connectivity index (χ4n) is 3.38. The molecular weight excluding hydrogens is 477 g/mol. The minimum atomic E-state index is -4.29. The Morgan fingerprint density at radius 2 is 1.82 bits per heavy atom. The molecule has 2 heterocycles. The van der Waals surface area contributed by atoms with E-state index in [1.54, 1.807) is 0 Å². The van der Waals surface area contributed by atoms with Crippen molar-refractivity contribution in [2.75, 3.05) is 6.61 Å². The highest BCUT2D eigenvalue weighted by Crippen LogP contribution is 2.59. The summed E-state index contributed by atoms with van der Waals surface area (Å²) in [4.78, 5) is 15.7. The van der Waals surface area contributed by atoms with Crippen molar-refractivity contribution in [3.05, 3.63) is 54.2 Å². The Morgan fingerprint density at radius 3 is 2.41 bits per heavy atom. The summed E-state index contributed by atoms with van der Waals surface area (Å²) in [5.74, 6) is -1.13. The molecule has 9 nitrogen and oxygen atoms in total. The zero-order valence-corrected chi connectivity index (χ0v) is 18.3. The summed E-state index contributed by atoms with van der Waals surface area (Å²) in [5, 5.41) is 12.9. The summed E-state index contributed by atoms with van der Waals surface area (Å²) >= 11 is 0. The zero-order valence-electron chi connectivity index (χ0n) is 17.5. The van der Waals surface area contributed by atoms with Crippen LogP contribution in [-0.4, -0.2) is 47.0 Å². The van der Waals surface area contributed by atoms with Crippen molar-refractivity contribution in [1.29, 1.82) is 0 Å². The van der Waals surface area contributed by atoms with Gasteiger partial charge in [0.25, 0.3) is 5.91 Å². The number of halogens is 3. The number of rotatable bonds is 8. The van der Waals surface area contributed by atoms with Crippen LogP contribution in [0.2, 0.25) is 0 Å².